The summed E-state index contributed by atoms with van der Waals surface area (Å²) >= 11 is 10.5. The Hall–Kier alpha value is -2.76. The van der Waals surface area contributed by atoms with Gasteiger partial charge in [0.2, 0.25) is 0 Å². The van der Waals surface area contributed by atoms with E-state index < -0.39 is 5.82 Å². The molecule has 0 spiro atoms. The Balaban J connectivity index is 1.82. The van der Waals surface area contributed by atoms with Gasteiger partial charge in [0, 0.05) is 11.1 Å². The van der Waals surface area contributed by atoms with Crippen molar-refractivity contribution in [2.24, 2.45) is 4.99 Å². The van der Waals surface area contributed by atoms with Crippen molar-refractivity contribution in [2.75, 3.05) is 0 Å². The van der Waals surface area contributed by atoms with E-state index in [1.807, 2.05) is 24.3 Å². The zero-order chi connectivity index (χ0) is 19.2. The number of halogens is 2. The molecule has 0 aliphatic rings. The molecule has 3 aromatic carbocycles. The van der Waals surface area contributed by atoms with Crippen molar-refractivity contribution >= 4 is 34.7 Å². The highest BCUT2D eigenvalue weighted by molar-refractivity contribution is 7.78. The van der Waals surface area contributed by atoms with Crippen molar-refractivity contribution in [1.29, 1.82) is 0 Å². The summed E-state index contributed by atoms with van der Waals surface area (Å²) in [7, 11) is 0. The van der Waals surface area contributed by atoms with Crippen molar-refractivity contribution in [1.82, 2.24) is 0 Å². The van der Waals surface area contributed by atoms with Crippen LogP contribution in [0.2, 0.25) is 5.02 Å². The van der Waals surface area contributed by atoms with Gasteiger partial charge >= 0.3 is 0 Å². The molecule has 0 amide bonds. The van der Waals surface area contributed by atoms with Crippen LogP contribution in [0.4, 0.5) is 10.1 Å². The number of thiocarbonyl (C=S) groups is 1. The summed E-state index contributed by atoms with van der Waals surface area (Å²) in [6.07, 6.45) is 1.03. The van der Waals surface area contributed by atoms with Crippen LogP contribution in [0, 0.1) is 17.7 Å². The van der Waals surface area contributed by atoms with Gasteiger partial charge < -0.3 is 0 Å². The lowest BCUT2D eigenvalue weighted by Crippen LogP contribution is -1.84. The Bertz CT molecular complexity index is 1050. The molecule has 0 fully saturated rings. The van der Waals surface area contributed by atoms with E-state index >= 15 is 0 Å². The molecule has 0 aliphatic heterocycles. The van der Waals surface area contributed by atoms with Crippen LogP contribution in [-0.4, -0.2) is 5.16 Å². The van der Waals surface area contributed by atoms with Gasteiger partial charge in [-0.3, -0.25) is 0 Å². The Morgan fingerprint density at radius 3 is 2.07 bits per heavy atom. The maximum atomic E-state index is 14.0. The van der Waals surface area contributed by atoms with Gasteiger partial charge in [-0.15, -0.1) is 0 Å². The van der Waals surface area contributed by atoms with Crippen LogP contribution in [0.3, 0.4) is 0 Å². The molecule has 0 bridgehead atoms. The first-order chi connectivity index (χ1) is 13.1. The van der Waals surface area contributed by atoms with E-state index in [1.54, 1.807) is 6.07 Å². The highest BCUT2D eigenvalue weighted by Gasteiger charge is 2.07. The second-order valence-corrected chi connectivity index (χ2v) is 6.46. The molecule has 4 heteroatoms. The van der Waals surface area contributed by atoms with Gasteiger partial charge in [-0.25, -0.2) is 4.39 Å². The van der Waals surface area contributed by atoms with Crippen LogP contribution >= 0.6 is 23.8 Å². The Labute approximate surface area is 168 Å². The molecule has 132 valence electrons. The third-order valence-electron chi connectivity index (χ3n) is 4.11. The standard InChI is InChI=1S/C23H15ClFNS/c1-2-16-5-9-19(10-6-16)20-11-7-17(8-12-20)3-4-18-13-21(24)23(26-15-27)22(25)14-18/h5-14H,2H2,1H3. The highest BCUT2D eigenvalue weighted by atomic mass is 35.5. The Morgan fingerprint density at radius 1 is 0.926 bits per heavy atom. The van der Waals surface area contributed by atoms with Gasteiger partial charge in [0.25, 0.3) is 0 Å². The monoisotopic (exact) mass is 391 g/mol. The van der Waals surface area contributed by atoms with E-state index in [9.17, 15) is 4.39 Å². The van der Waals surface area contributed by atoms with Crippen LogP contribution in [-0.2, 0) is 6.42 Å². The molecule has 0 radical (unpaired) electrons. The smallest absolute Gasteiger partial charge is 0.152 e. The first kappa shape index (κ1) is 19.0. The van der Waals surface area contributed by atoms with E-state index in [0.717, 1.165) is 23.1 Å². The molecular weight excluding hydrogens is 377 g/mol. The second-order valence-electron chi connectivity index (χ2n) is 5.87. The summed E-state index contributed by atoms with van der Waals surface area (Å²) in [5.74, 6) is 5.37. The number of benzene rings is 3. The molecule has 0 saturated heterocycles. The van der Waals surface area contributed by atoms with Gasteiger partial charge in [-0.05, 0) is 59.6 Å². The summed E-state index contributed by atoms with van der Waals surface area (Å²) < 4.78 is 14.0. The quantitative estimate of drug-likeness (QED) is 0.270. The molecule has 0 aromatic heterocycles. The van der Waals surface area contributed by atoms with Crippen molar-refractivity contribution in [2.45, 2.75) is 13.3 Å². The first-order valence-corrected chi connectivity index (χ1v) is 9.17. The Kier molecular flexibility index (Phi) is 6.16. The van der Waals surface area contributed by atoms with Gasteiger partial charge in [0.15, 0.2) is 5.82 Å². The molecule has 0 unspecified atom stereocenters. The summed E-state index contributed by atoms with van der Waals surface area (Å²) in [6.45, 7) is 2.14. The SMILES string of the molecule is CCc1ccc(-c2ccc(C#Cc3cc(F)c(N=C=S)c(Cl)c3)cc2)cc1. The minimum Gasteiger partial charge on any atom is -0.204 e. The van der Waals surface area contributed by atoms with E-state index in [4.69, 9.17) is 11.6 Å². The minimum absolute atomic E-state index is 0.0179. The molecule has 0 N–H and O–H groups in total. The number of nitrogens with zero attached hydrogens (tertiary/aromatic N) is 1. The van der Waals surface area contributed by atoms with Crippen molar-refractivity contribution in [3.8, 4) is 23.0 Å². The van der Waals surface area contributed by atoms with E-state index in [0.29, 0.717) is 5.56 Å². The van der Waals surface area contributed by atoms with Crippen molar-refractivity contribution < 1.29 is 4.39 Å². The number of aliphatic imine (C=N–C) groups is 1. The molecule has 1 nitrogen and oxygen atoms in total. The van der Waals surface area contributed by atoms with Crippen LogP contribution in [0.25, 0.3) is 11.1 Å². The van der Waals surface area contributed by atoms with Gasteiger partial charge in [-0.1, -0.05) is 66.8 Å². The van der Waals surface area contributed by atoms with E-state index in [-0.39, 0.29) is 10.7 Å². The predicted molar refractivity (Wildman–Crippen MR) is 113 cm³/mol. The van der Waals surface area contributed by atoms with Gasteiger partial charge in [0.1, 0.15) is 5.69 Å². The lowest BCUT2D eigenvalue weighted by molar-refractivity contribution is 0.630. The topological polar surface area (TPSA) is 12.4 Å². The zero-order valence-electron chi connectivity index (χ0n) is 14.6. The summed E-state index contributed by atoms with van der Waals surface area (Å²) in [5.41, 5.74) is 4.89. The molecule has 3 aromatic rings. The molecule has 0 atom stereocenters. The molecule has 3 rings (SSSR count). The molecular formula is C23H15ClFNS. The van der Waals surface area contributed by atoms with E-state index in [2.05, 4.69) is 65.4 Å². The maximum Gasteiger partial charge on any atom is 0.152 e. The second kappa shape index (κ2) is 8.75. The van der Waals surface area contributed by atoms with Crippen LogP contribution in [0.15, 0.2) is 65.7 Å². The summed E-state index contributed by atoms with van der Waals surface area (Å²) in [4.78, 5) is 3.62. The first-order valence-electron chi connectivity index (χ1n) is 8.39. The third-order valence-corrected chi connectivity index (χ3v) is 4.49. The van der Waals surface area contributed by atoms with Gasteiger partial charge in [0.05, 0.1) is 10.2 Å². The number of hydrogen-bond acceptors (Lipinski definition) is 2. The minimum atomic E-state index is -0.574. The molecule has 0 heterocycles. The molecule has 27 heavy (non-hydrogen) atoms. The number of rotatable bonds is 3. The maximum absolute atomic E-state index is 14.0. The zero-order valence-corrected chi connectivity index (χ0v) is 16.2. The normalized spacial score (nSPS) is 9.89. The van der Waals surface area contributed by atoms with Crippen molar-refractivity contribution in [3.63, 3.8) is 0 Å². The number of hydrogen-bond donors (Lipinski definition) is 0. The number of aryl methyl sites for hydroxylation is 1. The van der Waals surface area contributed by atoms with Gasteiger partial charge in [-0.2, -0.15) is 4.99 Å². The number of isothiocyanates is 1. The Morgan fingerprint density at radius 2 is 1.52 bits per heavy atom. The average Bonchev–Trinajstić information content (AvgIpc) is 2.70. The van der Waals surface area contributed by atoms with E-state index in [1.165, 1.54) is 11.6 Å². The fraction of sp³-hybridized carbons (Fsp3) is 0.0870. The van der Waals surface area contributed by atoms with Crippen molar-refractivity contribution in [3.05, 3.63) is 88.2 Å². The largest absolute Gasteiger partial charge is 0.204 e. The fourth-order valence-corrected chi connectivity index (χ4v) is 2.95. The fourth-order valence-electron chi connectivity index (χ4n) is 2.61. The van der Waals surface area contributed by atoms with Crippen LogP contribution < -0.4 is 0 Å². The molecule has 0 saturated carbocycles. The predicted octanol–water partition coefficient (Wildman–Crippen LogP) is 6.84. The average molecular weight is 392 g/mol. The lowest BCUT2D eigenvalue weighted by atomic mass is 10.0. The van der Waals surface area contributed by atoms with Crippen LogP contribution in [0.1, 0.15) is 23.6 Å². The molecule has 0 aliphatic carbocycles. The summed E-state index contributed by atoms with van der Waals surface area (Å²) in [5, 5.41) is 2.27. The third kappa shape index (κ3) is 4.70. The summed E-state index contributed by atoms with van der Waals surface area (Å²) in [6, 6.07) is 19.3. The lowest BCUT2D eigenvalue weighted by Gasteiger charge is -2.03. The van der Waals surface area contributed by atoms with Crippen LogP contribution in [0.5, 0.6) is 0 Å². The highest BCUT2D eigenvalue weighted by Crippen LogP contribution is 2.29.